The molecule has 7 heteroatoms. The maximum atomic E-state index is 13.0. The molecular formula is C10H4BrF4NO. The van der Waals surface area contributed by atoms with E-state index in [1.54, 1.807) is 0 Å². The van der Waals surface area contributed by atoms with Gasteiger partial charge in [-0.2, -0.15) is 18.4 Å². The zero-order valence-corrected chi connectivity index (χ0v) is 9.69. The summed E-state index contributed by atoms with van der Waals surface area (Å²) in [7, 11) is 0. The lowest BCUT2D eigenvalue weighted by atomic mass is 9.99. The molecule has 0 saturated heterocycles. The van der Waals surface area contributed by atoms with E-state index >= 15 is 0 Å². The van der Waals surface area contributed by atoms with Gasteiger partial charge in [-0.1, -0.05) is 15.9 Å². The molecule has 2 nitrogen and oxygen atoms in total. The standard InChI is InChI=1S/C10H4BrF4NO/c11-3-9(17)6-1-5(12)2-8(7(6)4-16)10(13,14)15/h1-2H,3H2. The lowest BCUT2D eigenvalue weighted by Gasteiger charge is -2.11. The summed E-state index contributed by atoms with van der Waals surface area (Å²) < 4.78 is 50.6. The Balaban J connectivity index is 3.59. The summed E-state index contributed by atoms with van der Waals surface area (Å²) in [4.78, 5) is 11.3. The second-order valence-corrected chi connectivity index (χ2v) is 3.60. The van der Waals surface area contributed by atoms with Gasteiger partial charge in [0.2, 0.25) is 0 Å². The number of ketones is 1. The summed E-state index contributed by atoms with van der Waals surface area (Å²) in [6.07, 6.45) is -4.88. The van der Waals surface area contributed by atoms with Crippen molar-refractivity contribution in [2.75, 3.05) is 5.33 Å². The number of nitrogens with zero attached hydrogens (tertiary/aromatic N) is 1. The third kappa shape index (κ3) is 2.82. The second kappa shape index (κ2) is 4.84. The minimum atomic E-state index is -4.88. The van der Waals surface area contributed by atoms with Crippen LogP contribution in [0.4, 0.5) is 17.6 Å². The summed E-state index contributed by atoms with van der Waals surface area (Å²) in [5.41, 5.74) is -2.87. The predicted molar refractivity (Wildman–Crippen MR) is 54.2 cm³/mol. The van der Waals surface area contributed by atoms with Gasteiger partial charge < -0.3 is 0 Å². The highest BCUT2D eigenvalue weighted by molar-refractivity contribution is 9.09. The van der Waals surface area contributed by atoms with Crippen LogP contribution in [0.5, 0.6) is 0 Å². The van der Waals surface area contributed by atoms with Crippen molar-refractivity contribution in [3.63, 3.8) is 0 Å². The molecule has 90 valence electrons. The van der Waals surface area contributed by atoms with Crippen LogP contribution < -0.4 is 0 Å². The fourth-order valence-corrected chi connectivity index (χ4v) is 1.54. The zero-order valence-electron chi connectivity index (χ0n) is 8.11. The summed E-state index contributed by atoms with van der Waals surface area (Å²) >= 11 is 2.75. The third-order valence-electron chi connectivity index (χ3n) is 1.94. The highest BCUT2D eigenvalue weighted by Gasteiger charge is 2.36. The van der Waals surface area contributed by atoms with E-state index in [0.717, 1.165) is 0 Å². The molecule has 1 rings (SSSR count). The number of rotatable bonds is 2. The molecule has 0 aromatic heterocycles. The van der Waals surface area contributed by atoms with Gasteiger partial charge in [0.1, 0.15) is 11.9 Å². The first-order valence-electron chi connectivity index (χ1n) is 4.21. The zero-order chi connectivity index (χ0) is 13.2. The van der Waals surface area contributed by atoms with Crippen LogP contribution in [-0.2, 0) is 6.18 Å². The van der Waals surface area contributed by atoms with Crippen LogP contribution in [0.2, 0.25) is 0 Å². The van der Waals surface area contributed by atoms with Crippen molar-refractivity contribution < 1.29 is 22.4 Å². The number of alkyl halides is 4. The van der Waals surface area contributed by atoms with Gasteiger partial charge in [-0.05, 0) is 12.1 Å². The molecule has 0 aliphatic heterocycles. The maximum absolute atomic E-state index is 13.0. The molecular weight excluding hydrogens is 306 g/mol. The largest absolute Gasteiger partial charge is 0.417 e. The summed E-state index contributed by atoms with van der Waals surface area (Å²) in [5, 5.41) is 8.37. The number of nitriles is 1. The highest BCUT2D eigenvalue weighted by Crippen LogP contribution is 2.34. The number of benzene rings is 1. The first-order valence-corrected chi connectivity index (χ1v) is 5.33. The molecule has 0 bridgehead atoms. The Bertz CT molecular complexity index is 504. The molecule has 0 aliphatic carbocycles. The van der Waals surface area contributed by atoms with E-state index in [1.165, 1.54) is 6.07 Å². The number of carbonyl (C=O) groups excluding carboxylic acids is 1. The molecule has 1 aromatic carbocycles. The molecule has 0 N–H and O–H groups in total. The van der Waals surface area contributed by atoms with Crippen LogP contribution in [0.15, 0.2) is 12.1 Å². The molecule has 0 heterocycles. The van der Waals surface area contributed by atoms with Crippen molar-refractivity contribution in [2.45, 2.75) is 6.18 Å². The molecule has 0 unspecified atom stereocenters. The Labute approximate surface area is 102 Å². The van der Waals surface area contributed by atoms with Gasteiger partial charge in [0.25, 0.3) is 0 Å². The molecule has 17 heavy (non-hydrogen) atoms. The normalized spacial score (nSPS) is 11.1. The fourth-order valence-electron chi connectivity index (χ4n) is 1.24. The van der Waals surface area contributed by atoms with Crippen LogP contribution in [0.25, 0.3) is 0 Å². The van der Waals surface area contributed by atoms with Crippen LogP contribution in [0.1, 0.15) is 21.5 Å². The Kier molecular flexibility index (Phi) is 3.88. The minimum absolute atomic E-state index is 0.198. The van der Waals surface area contributed by atoms with Crippen LogP contribution in [0, 0.1) is 17.1 Å². The summed E-state index contributed by atoms with van der Waals surface area (Å²) in [6.45, 7) is 0. The van der Waals surface area contributed by atoms with Crippen LogP contribution >= 0.6 is 15.9 Å². The van der Waals surface area contributed by atoms with Gasteiger partial charge in [0, 0.05) is 5.56 Å². The molecule has 0 amide bonds. The van der Waals surface area contributed by atoms with Crippen molar-refractivity contribution >= 4 is 21.7 Å². The quantitative estimate of drug-likeness (QED) is 0.478. The van der Waals surface area contributed by atoms with Crippen LogP contribution in [-0.4, -0.2) is 11.1 Å². The molecule has 0 aliphatic rings. The van der Waals surface area contributed by atoms with E-state index in [4.69, 9.17) is 5.26 Å². The SMILES string of the molecule is N#Cc1c(C(=O)CBr)cc(F)cc1C(F)(F)F. The van der Waals surface area contributed by atoms with E-state index < -0.39 is 34.5 Å². The Morgan fingerprint density at radius 1 is 1.41 bits per heavy atom. The Hall–Kier alpha value is -1.42. The van der Waals surface area contributed by atoms with Crippen molar-refractivity contribution in [2.24, 2.45) is 0 Å². The Morgan fingerprint density at radius 2 is 2.00 bits per heavy atom. The monoisotopic (exact) mass is 309 g/mol. The van der Waals surface area contributed by atoms with Crippen molar-refractivity contribution in [3.05, 3.63) is 34.6 Å². The minimum Gasteiger partial charge on any atom is -0.293 e. The van der Waals surface area contributed by atoms with Gasteiger partial charge in [-0.15, -0.1) is 0 Å². The lowest BCUT2D eigenvalue weighted by molar-refractivity contribution is -0.138. The first-order chi connectivity index (χ1) is 7.81. The van der Waals surface area contributed by atoms with Crippen molar-refractivity contribution in [3.8, 4) is 6.07 Å². The van der Waals surface area contributed by atoms with Crippen LogP contribution in [0.3, 0.4) is 0 Å². The number of hydrogen-bond donors (Lipinski definition) is 0. The van der Waals surface area contributed by atoms with Gasteiger partial charge in [0.05, 0.1) is 16.5 Å². The van der Waals surface area contributed by atoms with Gasteiger partial charge in [0.15, 0.2) is 5.78 Å². The number of carbonyl (C=O) groups is 1. The number of Topliss-reactive ketones (excluding diaryl/α,β-unsaturated/α-hetero) is 1. The summed E-state index contributed by atoms with van der Waals surface area (Å²) in [6, 6.07) is 2.11. The lowest BCUT2D eigenvalue weighted by Crippen LogP contribution is -2.13. The van der Waals surface area contributed by atoms with Gasteiger partial charge in [-0.25, -0.2) is 4.39 Å². The van der Waals surface area contributed by atoms with E-state index in [0.29, 0.717) is 6.07 Å². The smallest absolute Gasteiger partial charge is 0.293 e. The molecule has 0 atom stereocenters. The number of halogens is 5. The average molecular weight is 310 g/mol. The fraction of sp³-hybridized carbons (Fsp3) is 0.200. The average Bonchev–Trinajstić information content (AvgIpc) is 2.25. The van der Waals surface area contributed by atoms with Gasteiger partial charge >= 0.3 is 6.18 Å². The molecule has 0 radical (unpaired) electrons. The van der Waals surface area contributed by atoms with Crippen molar-refractivity contribution in [1.82, 2.24) is 0 Å². The molecule has 0 saturated carbocycles. The van der Waals surface area contributed by atoms with E-state index in [2.05, 4.69) is 15.9 Å². The van der Waals surface area contributed by atoms with E-state index in [-0.39, 0.29) is 11.4 Å². The molecule has 0 fully saturated rings. The molecule has 1 aromatic rings. The number of hydrogen-bond acceptors (Lipinski definition) is 2. The maximum Gasteiger partial charge on any atom is 0.417 e. The first kappa shape index (κ1) is 13.6. The third-order valence-corrected chi connectivity index (χ3v) is 2.45. The summed E-state index contributed by atoms with van der Waals surface area (Å²) in [5.74, 6) is -1.99. The highest BCUT2D eigenvalue weighted by atomic mass is 79.9. The predicted octanol–water partition coefficient (Wildman–Crippen LogP) is 3.29. The Morgan fingerprint density at radius 3 is 2.41 bits per heavy atom. The van der Waals surface area contributed by atoms with Gasteiger partial charge in [-0.3, -0.25) is 4.79 Å². The second-order valence-electron chi connectivity index (χ2n) is 3.04. The molecule has 0 spiro atoms. The topological polar surface area (TPSA) is 40.9 Å². The van der Waals surface area contributed by atoms with E-state index in [1.807, 2.05) is 0 Å². The van der Waals surface area contributed by atoms with Crippen molar-refractivity contribution in [1.29, 1.82) is 5.26 Å². The van der Waals surface area contributed by atoms with E-state index in [9.17, 15) is 22.4 Å².